The molecule has 5 heteroatoms. The lowest BCUT2D eigenvalue weighted by Gasteiger charge is -2.29. The first-order chi connectivity index (χ1) is 9.20. The number of carbonyl (C=O) groups is 1. The van der Waals surface area contributed by atoms with Crippen molar-refractivity contribution in [3.05, 3.63) is 0 Å². The first-order valence-corrected chi connectivity index (χ1v) is 8.65. The third-order valence-corrected chi connectivity index (χ3v) is 5.37. The van der Waals surface area contributed by atoms with E-state index < -0.39 is 0 Å². The molecule has 1 N–H and O–H groups in total. The summed E-state index contributed by atoms with van der Waals surface area (Å²) in [7, 11) is 1.96. The van der Waals surface area contributed by atoms with Crippen LogP contribution in [0.5, 0.6) is 0 Å². The molecule has 2 saturated heterocycles. The second-order valence-electron chi connectivity index (χ2n) is 5.63. The number of amides is 1. The molecule has 1 amide bonds. The standard InChI is InChI=1S/C14H27N3OS/c1-3-17-7-4-5-13(17)10-16(2)14(18)9-12-11-19-8-6-15-12/h12-13,15H,3-11H2,1-2H3. The van der Waals surface area contributed by atoms with E-state index in [-0.39, 0.29) is 0 Å². The third-order valence-electron chi connectivity index (χ3n) is 4.24. The number of thioether (sulfide) groups is 1. The highest BCUT2D eigenvalue weighted by molar-refractivity contribution is 7.99. The molecule has 0 aliphatic carbocycles. The van der Waals surface area contributed by atoms with E-state index in [1.165, 1.54) is 25.1 Å². The molecule has 19 heavy (non-hydrogen) atoms. The Morgan fingerprint density at radius 2 is 2.37 bits per heavy atom. The summed E-state index contributed by atoms with van der Waals surface area (Å²) in [5.74, 6) is 2.54. The highest BCUT2D eigenvalue weighted by Crippen LogP contribution is 2.18. The smallest absolute Gasteiger partial charge is 0.223 e. The molecule has 110 valence electrons. The average Bonchev–Trinajstić information content (AvgIpc) is 2.87. The molecule has 2 aliphatic heterocycles. The molecule has 0 saturated carbocycles. The highest BCUT2D eigenvalue weighted by atomic mass is 32.2. The highest BCUT2D eigenvalue weighted by Gasteiger charge is 2.26. The van der Waals surface area contributed by atoms with Gasteiger partial charge in [-0.3, -0.25) is 9.69 Å². The van der Waals surface area contributed by atoms with Crippen LogP contribution in [0.2, 0.25) is 0 Å². The van der Waals surface area contributed by atoms with Gasteiger partial charge in [0.25, 0.3) is 0 Å². The van der Waals surface area contributed by atoms with Gasteiger partial charge in [0.2, 0.25) is 5.91 Å². The summed E-state index contributed by atoms with van der Waals surface area (Å²) in [5.41, 5.74) is 0. The Balaban J connectivity index is 1.75. The Labute approximate surface area is 121 Å². The van der Waals surface area contributed by atoms with Crippen LogP contribution >= 0.6 is 11.8 Å². The minimum absolute atomic E-state index is 0.294. The van der Waals surface area contributed by atoms with Gasteiger partial charge in [-0.25, -0.2) is 0 Å². The number of likely N-dealkylation sites (N-methyl/N-ethyl adjacent to an activating group) is 2. The van der Waals surface area contributed by atoms with Crippen molar-refractivity contribution in [3.63, 3.8) is 0 Å². The first kappa shape index (κ1) is 15.1. The minimum Gasteiger partial charge on any atom is -0.344 e. The van der Waals surface area contributed by atoms with E-state index in [1.54, 1.807) is 0 Å². The lowest BCUT2D eigenvalue weighted by Crippen LogP contribution is -2.45. The summed E-state index contributed by atoms with van der Waals surface area (Å²) >= 11 is 1.95. The van der Waals surface area contributed by atoms with Gasteiger partial charge in [0.15, 0.2) is 0 Å². The molecule has 0 radical (unpaired) electrons. The number of likely N-dealkylation sites (tertiary alicyclic amines) is 1. The summed E-state index contributed by atoms with van der Waals surface area (Å²) in [6.45, 7) is 6.45. The monoisotopic (exact) mass is 285 g/mol. The fraction of sp³-hybridized carbons (Fsp3) is 0.929. The van der Waals surface area contributed by atoms with Crippen LogP contribution in [0.15, 0.2) is 0 Å². The van der Waals surface area contributed by atoms with Crippen LogP contribution in [-0.4, -0.2) is 72.5 Å². The number of nitrogens with one attached hydrogen (secondary N) is 1. The average molecular weight is 285 g/mol. The molecule has 2 atom stereocenters. The molecular formula is C14H27N3OS. The Morgan fingerprint density at radius 3 is 3.05 bits per heavy atom. The third kappa shape index (κ3) is 4.36. The normalized spacial score (nSPS) is 28.5. The van der Waals surface area contributed by atoms with E-state index in [4.69, 9.17) is 0 Å². The largest absolute Gasteiger partial charge is 0.344 e. The number of carbonyl (C=O) groups excluding carboxylic acids is 1. The number of hydrogen-bond acceptors (Lipinski definition) is 4. The second-order valence-corrected chi connectivity index (χ2v) is 6.78. The summed E-state index contributed by atoms with van der Waals surface area (Å²) in [5, 5.41) is 3.44. The zero-order chi connectivity index (χ0) is 13.7. The molecule has 2 heterocycles. The van der Waals surface area contributed by atoms with Gasteiger partial charge >= 0.3 is 0 Å². The fourth-order valence-electron chi connectivity index (χ4n) is 3.05. The molecule has 0 aromatic carbocycles. The Bertz CT molecular complexity index is 294. The maximum atomic E-state index is 12.3. The van der Waals surface area contributed by atoms with E-state index in [0.29, 0.717) is 24.4 Å². The molecule has 2 fully saturated rings. The zero-order valence-electron chi connectivity index (χ0n) is 12.2. The quantitative estimate of drug-likeness (QED) is 0.818. The Morgan fingerprint density at radius 1 is 1.53 bits per heavy atom. The van der Waals surface area contributed by atoms with Gasteiger partial charge in [-0.05, 0) is 25.9 Å². The van der Waals surface area contributed by atoms with Crippen molar-refractivity contribution in [2.24, 2.45) is 0 Å². The van der Waals surface area contributed by atoms with E-state index in [9.17, 15) is 4.79 Å². The van der Waals surface area contributed by atoms with Crippen molar-refractivity contribution >= 4 is 17.7 Å². The molecule has 0 aromatic rings. The van der Waals surface area contributed by atoms with E-state index in [1.807, 2.05) is 23.7 Å². The van der Waals surface area contributed by atoms with Crippen LogP contribution in [0, 0.1) is 0 Å². The number of rotatable bonds is 5. The van der Waals surface area contributed by atoms with Gasteiger partial charge in [0, 0.05) is 50.1 Å². The van der Waals surface area contributed by atoms with Crippen molar-refractivity contribution in [1.29, 1.82) is 0 Å². The number of hydrogen-bond donors (Lipinski definition) is 1. The first-order valence-electron chi connectivity index (χ1n) is 7.50. The number of nitrogens with zero attached hydrogens (tertiary/aromatic N) is 2. The van der Waals surface area contributed by atoms with Gasteiger partial charge in [-0.2, -0.15) is 11.8 Å². The second kappa shape index (κ2) is 7.50. The molecule has 0 aromatic heterocycles. The Hall–Kier alpha value is -0.260. The van der Waals surface area contributed by atoms with Gasteiger partial charge in [0.05, 0.1) is 0 Å². The molecule has 2 aliphatic rings. The zero-order valence-corrected chi connectivity index (χ0v) is 13.0. The van der Waals surface area contributed by atoms with Crippen LogP contribution in [0.4, 0.5) is 0 Å². The van der Waals surface area contributed by atoms with Crippen LogP contribution < -0.4 is 5.32 Å². The van der Waals surface area contributed by atoms with E-state index >= 15 is 0 Å². The predicted molar refractivity (Wildman–Crippen MR) is 81.6 cm³/mol. The molecule has 0 spiro atoms. The predicted octanol–water partition coefficient (Wildman–Crippen LogP) is 1.02. The lowest BCUT2D eigenvalue weighted by atomic mass is 10.1. The summed E-state index contributed by atoms with van der Waals surface area (Å²) in [4.78, 5) is 16.7. The van der Waals surface area contributed by atoms with E-state index in [2.05, 4.69) is 17.1 Å². The van der Waals surface area contributed by atoms with Gasteiger partial charge in [-0.15, -0.1) is 0 Å². The summed E-state index contributed by atoms with van der Waals surface area (Å²) < 4.78 is 0. The SMILES string of the molecule is CCN1CCCC1CN(C)C(=O)CC1CSCCN1. The van der Waals surface area contributed by atoms with Crippen molar-refractivity contribution in [2.75, 3.05) is 44.7 Å². The molecule has 2 unspecified atom stereocenters. The van der Waals surface area contributed by atoms with Crippen molar-refractivity contribution in [3.8, 4) is 0 Å². The van der Waals surface area contributed by atoms with Crippen molar-refractivity contribution < 1.29 is 4.79 Å². The molecule has 4 nitrogen and oxygen atoms in total. The van der Waals surface area contributed by atoms with Crippen molar-refractivity contribution in [1.82, 2.24) is 15.1 Å². The van der Waals surface area contributed by atoms with E-state index in [0.717, 1.165) is 25.4 Å². The molecule has 2 rings (SSSR count). The summed E-state index contributed by atoms with van der Waals surface area (Å²) in [6, 6.07) is 0.951. The maximum Gasteiger partial charge on any atom is 0.223 e. The van der Waals surface area contributed by atoms with Gasteiger partial charge in [-0.1, -0.05) is 6.92 Å². The topological polar surface area (TPSA) is 35.6 Å². The van der Waals surface area contributed by atoms with Gasteiger partial charge in [0.1, 0.15) is 0 Å². The maximum absolute atomic E-state index is 12.3. The van der Waals surface area contributed by atoms with Gasteiger partial charge < -0.3 is 10.2 Å². The summed E-state index contributed by atoms with van der Waals surface area (Å²) in [6.07, 6.45) is 3.17. The van der Waals surface area contributed by atoms with Crippen LogP contribution in [-0.2, 0) is 4.79 Å². The Kier molecular flexibility index (Phi) is 5.98. The van der Waals surface area contributed by atoms with Crippen molar-refractivity contribution in [2.45, 2.75) is 38.3 Å². The minimum atomic E-state index is 0.294. The van der Waals surface area contributed by atoms with Crippen LogP contribution in [0.3, 0.4) is 0 Å². The molecule has 0 bridgehead atoms. The van der Waals surface area contributed by atoms with Crippen LogP contribution in [0.25, 0.3) is 0 Å². The van der Waals surface area contributed by atoms with Crippen LogP contribution in [0.1, 0.15) is 26.2 Å². The molecular weight excluding hydrogens is 258 g/mol. The fourth-order valence-corrected chi connectivity index (χ4v) is 4.00. The lowest BCUT2D eigenvalue weighted by molar-refractivity contribution is -0.130.